The van der Waals surface area contributed by atoms with E-state index in [1.54, 1.807) is 48.5 Å². The van der Waals surface area contributed by atoms with E-state index in [2.05, 4.69) is 4.72 Å². The maximum Gasteiger partial charge on any atom is 0.345 e. The average molecular weight is 442 g/mol. The molecule has 1 aliphatic rings. The van der Waals surface area contributed by atoms with E-state index in [9.17, 15) is 23.1 Å². The highest BCUT2D eigenvalue weighted by atomic mass is 32.2. The summed E-state index contributed by atoms with van der Waals surface area (Å²) in [5.41, 5.74) is -0.287. The second kappa shape index (κ2) is 7.35. The van der Waals surface area contributed by atoms with Gasteiger partial charge in [-0.25, -0.2) is 13.2 Å². The Kier molecular flexibility index (Phi) is 4.97. The molecule has 7 nitrogen and oxygen atoms in total. The molecule has 0 bridgehead atoms. The van der Waals surface area contributed by atoms with Crippen molar-refractivity contribution in [1.82, 2.24) is 4.72 Å². The van der Waals surface area contributed by atoms with E-state index < -0.39 is 33.4 Å². The molecule has 154 valence electrons. The van der Waals surface area contributed by atoms with Crippen LogP contribution in [-0.2, 0) is 14.8 Å². The smallest absolute Gasteiger partial charge is 0.345 e. The van der Waals surface area contributed by atoms with Crippen LogP contribution in [0.4, 0.5) is 0 Å². The van der Waals surface area contributed by atoms with Gasteiger partial charge >= 0.3 is 5.97 Å². The van der Waals surface area contributed by atoms with Crippen molar-refractivity contribution in [3.05, 3.63) is 77.2 Å². The predicted molar refractivity (Wildman–Crippen MR) is 109 cm³/mol. The van der Waals surface area contributed by atoms with Crippen molar-refractivity contribution >= 4 is 33.3 Å². The number of carbonyl (C=O) groups is 2. The summed E-state index contributed by atoms with van der Waals surface area (Å²) in [6.45, 7) is 0. The summed E-state index contributed by atoms with van der Waals surface area (Å²) < 4.78 is 28.0. The van der Waals surface area contributed by atoms with Crippen LogP contribution in [0.25, 0.3) is 10.4 Å². The van der Waals surface area contributed by atoms with Crippen molar-refractivity contribution in [2.24, 2.45) is 0 Å². The Morgan fingerprint density at radius 1 is 1.03 bits per heavy atom. The number of carboxylic acids is 2. The van der Waals surface area contributed by atoms with Gasteiger partial charge in [0.25, 0.3) is 0 Å². The van der Waals surface area contributed by atoms with Crippen molar-refractivity contribution in [2.75, 3.05) is 0 Å². The van der Waals surface area contributed by atoms with E-state index in [0.29, 0.717) is 10.4 Å². The van der Waals surface area contributed by atoms with E-state index in [1.807, 2.05) is 0 Å². The van der Waals surface area contributed by atoms with E-state index in [-0.39, 0.29) is 16.2 Å². The SMILES string of the molecule is O=C(O)c1ccc(-c2ccc(S(=O)(=O)NC3(C(=O)[O-])CC3c3ccccc3)cc2)s1. The van der Waals surface area contributed by atoms with Crippen LogP contribution >= 0.6 is 11.3 Å². The van der Waals surface area contributed by atoms with Gasteiger partial charge in [0.1, 0.15) is 4.88 Å². The Morgan fingerprint density at radius 3 is 2.27 bits per heavy atom. The number of aromatic carboxylic acids is 1. The summed E-state index contributed by atoms with van der Waals surface area (Å²) in [4.78, 5) is 23.6. The summed E-state index contributed by atoms with van der Waals surface area (Å²) in [6, 6.07) is 17.8. The molecule has 1 saturated carbocycles. The summed E-state index contributed by atoms with van der Waals surface area (Å²) in [5.74, 6) is -2.99. The number of rotatable bonds is 7. The molecule has 0 amide bonds. The molecule has 1 aliphatic carbocycles. The largest absolute Gasteiger partial charge is 0.548 e. The van der Waals surface area contributed by atoms with Crippen LogP contribution in [0.2, 0.25) is 0 Å². The minimum atomic E-state index is -4.11. The lowest BCUT2D eigenvalue weighted by Crippen LogP contribution is -2.51. The number of hydrogen-bond donors (Lipinski definition) is 2. The zero-order chi connectivity index (χ0) is 21.5. The molecule has 2 aromatic carbocycles. The summed E-state index contributed by atoms with van der Waals surface area (Å²) in [5, 5.41) is 20.8. The normalized spacial score (nSPS) is 20.6. The number of nitrogens with one attached hydrogen (secondary N) is 1. The van der Waals surface area contributed by atoms with Crippen LogP contribution in [0, 0.1) is 0 Å². The highest BCUT2D eigenvalue weighted by Gasteiger charge is 2.58. The Balaban J connectivity index is 1.57. The summed E-state index contributed by atoms with van der Waals surface area (Å²) in [6.07, 6.45) is 0.115. The lowest BCUT2D eigenvalue weighted by Gasteiger charge is -2.21. The van der Waals surface area contributed by atoms with Gasteiger partial charge in [0, 0.05) is 10.8 Å². The third-order valence-electron chi connectivity index (χ3n) is 5.11. The number of benzene rings is 2. The van der Waals surface area contributed by atoms with Gasteiger partial charge < -0.3 is 15.0 Å². The quantitative estimate of drug-likeness (QED) is 0.577. The Morgan fingerprint density at radius 2 is 1.70 bits per heavy atom. The average Bonchev–Trinajstić information content (AvgIpc) is 3.22. The number of carbonyl (C=O) groups excluding carboxylic acids is 1. The topological polar surface area (TPSA) is 124 Å². The first kappa shape index (κ1) is 20.3. The van der Waals surface area contributed by atoms with E-state index >= 15 is 0 Å². The molecule has 0 spiro atoms. The highest BCUT2D eigenvalue weighted by Crippen LogP contribution is 2.51. The fourth-order valence-corrected chi connectivity index (χ4v) is 5.69. The number of hydrogen-bond acceptors (Lipinski definition) is 6. The van der Waals surface area contributed by atoms with Crippen LogP contribution < -0.4 is 9.83 Å². The molecule has 1 fully saturated rings. The van der Waals surface area contributed by atoms with Crippen molar-refractivity contribution in [2.45, 2.75) is 22.8 Å². The molecule has 4 rings (SSSR count). The van der Waals surface area contributed by atoms with Crippen molar-refractivity contribution in [3.63, 3.8) is 0 Å². The third-order valence-corrected chi connectivity index (χ3v) is 7.76. The standard InChI is InChI=1S/C21H17NO6S2/c23-19(24)18-11-10-17(29-18)14-6-8-15(9-7-14)30(27,28)22-21(20(25)26)12-16(21)13-4-2-1-3-5-13/h1-11,16,22H,12H2,(H,23,24)(H,25,26)/p-1. The molecule has 0 radical (unpaired) electrons. The van der Waals surface area contributed by atoms with Crippen molar-refractivity contribution < 1.29 is 28.2 Å². The van der Waals surface area contributed by atoms with Crippen LogP contribution in [-0.4, -0.2) is 31.0 Å². The monoisotopic (exact) mass is 442 g/mol. The molecular weight excluding hydrogens is 426 g/mol. The molecule has 2 atom stereocenters. The maximum atomic E-state index is 12.8. The molecule has 1 heterocycles. The van der Waals surface area contributed by atoms with Gasteiger partial charge in [-0.3, -0.25) is 0 Å². The number of carboxylic acid groups (broad SMARTS) is 2. The van der Waals surface area contributed by atoms with Crippen molar-refractivity contribution in [1.29, 1.82) is 0 Å². The van der Waals surface area contributed by atoms with E-state index in [1.165, 1.54) is 18.2 Å². The van der Waals surface area contributed by atoms with Gasteiger partial charge in [0.2, 0.25) is 10.0 Å². The Hall–Kier alpha value is -3.01. The second-order valence-electron chi connectivity index (χ2n) is 7.03. The van der Waals surface area contributed by atoms with Gasteiger partial charge in [0.15, 0.2) is 0 Å². The molecule has 2 N–H and O–H groups in total. The number of sulfonamides is 1. The first-order valence-corrected chi connectivity index (χ1v) is 11.3. The first-order chi connectivity index (χ1) is 14.2. The zero-order valence-corrected chi connectivity index (χ0v) is 17.1. The van der Waals surface area contributed by atoms with Crippen LogP contribution in [0.15, 0.2) is 71.6 Å². The fraction of sp³-hybridized carbons (Fsp3) is 0.143. The fourth-order valence-electron chi connectivity index (χ4n) is 3.44. The van der Waals surface area contributed by atoms with E-state index in [4.69, 9.17) is 5.11 Å². The minimum absolute atomic E-state index is 0.0828. The number of aliphatic carboxylic acids is 1. The highest BCUT2D eigenvalue weighted by molar-refractivity contribution is 7.89. The van der Waals surface area contributed by atoms with Crippen LogP contribution in [0.1, 0.15) is 27.6 Å². The molecular formula is C21H16NO6S2-. The zero-order valence-electron chi connectivity index (χ0n) is 15.4. The van der Waals surface area contributed by atoms with Crippen molar-refractivity contribution in [3.8, 4) is 10.4 Å². The second-order valence-corrected chi connectivity index (χ2v) is 9.79. The molecule has 2 unspecified atom stereocenters. The van der Waals surface area contributed by atoms with Crippen LogP contribution in [0.5, 0.6) is 0 Å². The third kappa shape index (κ3) is 3.62. The van der Waals surface area contributed by atoms with Crippen LogP contribution in [0.3, 0.4) is 0 Å². The Labute approximate surface area is 176 Å². The first-order valence-electron chi connectivity index (χ1n) is 8.97. The van der Waals surface area contributed by atoms with Gasteiger partial charge in [0.05, 0.1) is 16.4 Å². The lowest BCUT2D eigenvalue weighted by atomic mass is 10.1. The van der Waals surface area contributed by atoms with Gasteiger partial charge in [-0.05, 0) is 41.8 Å². The minimum Gasteiger partial charge on any atom is -0.548 e. The molecule has 1 aromatic heterocycles. The van der Waals surface area contributed by atoms with E-state index in [0.717, 1.165) is 16.9 Å². The molecule has 3 aromatic rings. The lowest BCUT2D eigenvalue weighted by molar-refractivity contribution is -0.309. The van der Waals surface area contributed by atoms with Gasteiger partial charge in [-0.2, -0.15) is 4.72 Å². The molecule has 9 heteroatoms. The molecule has 0 aliphatic heterocycles. The molecule has 30 heavy (non-hydrogen) atoms. The summed E-state index contributed by atoms with van der Waals surface area (Å²) >= 11 is 1.08. The van der Waals surface area contributed by atoms with Gasteiger partial charge in [-0.15, -0.1) is 11.3 Å². The summed E-state index contributed by atoms with van der Waals surface area (Å²) in [7, 11) is -4.11. The Bertz CT molecular complexity index is 1220. The number of thiophene rings is 1. The predicted octanol–water partition coefficient (Wildman–Crippen LogP) is 2.07. The maximum absolute atomic E-state index is 12.8. The van der Waals surface area contributed by atoms with Gasteiger partial charge in [-0.1, -0.05) is 42.5 Å². The molecule has 0 saturated heterocycles.